The van der Waals surface area contributed by atoms with Crippen molar-refractivity contribution in [1.82, 2.24) is 5.32 Å². The van der Waals surface area contributed by atoms with Gasteiger partial charge in [-0.05, 0) is 52.4 Å². The van der Waals surface area contributed by atoms with Crippen LogP contribution in [0.3, 0.4) is 0 Å². The van der Waals surface area contributed by atoms with Gasteiger partial charge in [-0.25, -0.2) is 0 Å². The molecule has 0 radical (unpaired) electrons. The molecule has 2 atom stereocenters. The Balaban J connectivity index is 2.26. The molecule has 3 heteroatoms. The van der Waals surface area contributed by atoms with Gasteiger partial charge >= 0.3 is 5.97 Å². The number of nitrogens with one attached hydrogen (secondary N) is 1. The van der Waals surface area contributed by atoms with E-state index in [2.05, 4.69) is 33.0 Å². The van der Waals surface area contributed by atoms with Gasteiger partial charge in [-0.2, -0.15) is 0 Å². The summed E-state index contributed by atoms with van der Waals surface area (Å²) in [6.45, 7) is 9.20. The Morgan fingerprint density at radius 1 is 1.28 bits per heavy atom. The molecule has 1 aliphatic rings. The quantitative estimate of drug-likeness (QED) is 0.766. The molecule has 0 aliphatic heterocycles. The molecule has 106 valence electrons. The van der Waals surface area contributed by atoms with Crippen molar-refractivity contribution < 1.29 is 9.53 Å². The Labute approximate surface area is 112 Å². The van der Waals surface area contributed by atoms with E-state index in [-0.39, 0.29) is 17.6 Å². The molecule has 2 unspecified atom stereocenters. The van der Waals surface area contributed by atoms with Gasteiger partial charge in [-0.3, -0.25) is 4.79 Å². The number of hydrogen-bond donors (Lipinski definition) is 1. The van der Waals surface area contributed by atoms with Crippen molar-refractivity contribution in [1.29, 1.82) is 0 Å². The Morgan fingerprint density at radius 3 is 2.56 bits per heavy atom. The molecule has 0 amide bonds. The molecule has 0 spiro atoms. The topological polar surface area (TPSA) is 38.3 Å². The molecule has 3 nitrogen and oxygen atoms in total. The van der Waals surface area contributed by atoms with Crippen LogP contribution >= 0.6 is 0 Å². The van der Waals surface area contributed by atoms with Crippen molar-refractivity contribution >= 4 is 5.97 Å². The molecule has 0 aromatic carbocycles. The highest BCUT2D eigenvalue weighted by Crippen LogP contribution is 2.29. The summed E-state index contributed by atoms with van der Waals surface area (Å²) >= 11 is 0. The van der Waals surface area contributed by atoms with E-state index in [0.717, 1.165) is 12.8 Å². The van der Waals surface area contributed by atoms with Crippen molar-refractivity contribution in [2.45, 2.75) is 77.9 Å². The van der Waals surface area contributed by atoms with Crippen molar-refractivity contribution in [3.63, 3.8) is 0 Å². The summed E-state index contributed by atoms with van der Waals surface area (Å²) in [5, 5.41) is 3.31. The van der Waals surface area contributed by atoms with Gasteiger partial charge in [0.2, 0.25) is 0 Å². The molecular formula is C15H29NO2. The van der Waals surface area contributed by atoms with E-state index in [1.807, 2.05) is 0 Å². The highest BCUT2D eigenvalue weighted by Gasteiger charge is 2.26. The fraction of sp³-hybridized carbons (Fsp3) is 0.933. The second-order valence-electron chi connectivity index (χ2n) is 6.41. The average Bonchev–Trinajstić information content (AvgIpc) is 2.28. The van der Waals surface area contributed by atoms with Gasteiger partial charge in [-0.15, -0.1) is 0 Å². The molecule has 0 bridgehead atoms. The zero-order valence-corrected chi connectivity index (χ0v) is 12.4. The largest absolute Gasteiger partial charge is 0.462 e. The standard InChI is InChI=1S/C15H29NO2/c1-5-12-8-6-7-9-13(12)18-14(17)10-11-16-15(2,3)4/h12-13,16H,5-11H2,1-4H3. The molecule has 0 heterocycles. The van der Waals surface area contributed by atoms with Crippen LogP contribution in [0.15, 0.2) is 0 Å². The van der Waals surface area contributed by atoms with E-state index in [4.69, 9.17) is 4.74 Å². The third-order valence-electron chi connectivity index (χ3n) is 3.63. The minimum Gasteiger partial charge on any atom is -0.462 e. The van der Waals surface area contributed by atoms with Gasteiger partial charge in [-0.1, -0.05) is 13.3 Å². The summed E-state index contributed by atoms with van der Waals surface area (Å²) in [6.07, 6.45) is 6.53. The van der Waals surface area contributed by atoms with Gasteiger partial charge in [0.05, 0.1) is 6.42 Å². The lowest BCUT2D eigenvalue weighted by Gasteiger charge is -2.30. The number of ether oxygens (including phenoxy) is 1. The van der Waals surface area contributed by atoms with Crippen molar-refractivity contribution in [3.8, 4) is 0 Å². The van der Waals surface area contributed by atoms with Crippen LogP contribution in [0, 0.1) is 5.92 Å². The monoisotopic (exact) mass is 255 g/mol. The van der Waals surface area contributed by atoms with Crippen LogP contribution in [-0.4, -0.2) is 24.2 Å². The van der Waals surface area contributed by atoms with E-state index < -0.39 is 0 Å². The minimum atomic E-state index is -0.0444. The lowest BCUT2D eigenvalue weighted by Crippen LogP contribution is -2.38. The fourth-order valence-corrected chi connectivity index (χ4v) is 2.56. The predicted octanol–water partition coefficient (Wildman–Crippen LogP) is 3.28. The molecule has 1 N–H and O–H groups in total. The number of rotatable bonds is 5. The first-order chi connectivity index (χ1) is 8.42. The molecular weight excluding hydrogens is 226 g/mol. The first-order valence-corrected chi connectivity index (χ1v) is 7.37. The van der Waals surface area contributed by atoms with Crippen LogP contribution < -0.4 is 5.32 Å². The van der Waals surface area contributed by atoms with E-state index in [0.29, 0.717) is 18.9 Å². The van der Waals surface area contributed by atoms with Crippen LogP contribution in [0.5, 0.6) is 0 Å². The third kappa shape index (κ3) is 5.85. The highest BCUT2D eigenvalue weighted by molar-refractivity contribution is 5.69. The number of carbonyl (C=O) groups excluding carboxylic acids is 1. The maximum atomic E-state index is 11.8. The van der Waals surface area contributed by atoms with E-state index in [1.165, 1.54) is 19.3 Å². The maximum absolute atomic E-state index is 11.8. The molecule has 1 rings (SSSR count). The lowest BCUT2D eigenvalue weighted by molar-refractivity contribution is -0.153. The summed E-state index contributed by atoms with van der Waals surface area (Å²) in [5.74, 6) is 0.537. The van der Waals surface area contributed by atoms with E-state index in [1.54, 1.807) is 0 Å². The Bertz CT molecular complexity index is 258. The summed E-state index contributed by atoms with van der Waals surface area (Å²) in [6, 6.07) is 0. The van der Waals surface area contributed by atoms with Crippen LogP contribution in [0.25, 0.3) is 0 Å². The number of carbonyl (C=O) groups is 1. The molecule has 0 saturated heterocycles. The minimum absolute atomic E-state index is 0.0444. The first-order valence-electron chi connectivity index (χ1n) is 7.37. The zero-order valence-electron chi connectivity index (χ0n) is 12.4. The third-order valence-corrected chi connectivity index (χ3v) is 3.63. The molecule has 1 fully saturated rings. The van der Waals surface area contributed by atoms with Gasteiger partial charge in [0, 0.05) is 12.1 Å². The van der Waals surface area contributed by atoms with Crippen LogP contribution in [0.1, 0.15) is 66.2 Å². The SMILES string of the molecule is CCC1CCCCC1OC(=O)CCNC(C)(C)C. The van der Waals surface area contributed by atoms with Crippen LogP contribution in [-0.2, 0) is 9.53 Å². The fourth-order valence-electron chi connectivity index (χ4n) is 2.56. The van der Waals surface area contributed by atoms with E-state index in [9.17, 15) is 4.79 Å². The molecule has 1 aliphatic carbocycles. The van der Waals surface area contributed by atoms with Gasteiger partial charge in [0.1, 0.15) is 6.10 Å². The number of esters is 1. The molecule has 0 aromatic heterocycles. The Kier molecular flexibility index (Phi) is 6.13. The zero-order chi connectivity index (χ0) is 13.6. The van der Waals surface area contributed by atoms with E-state index >= 15 is 0 Å². The maximum Gasteiger partial charge on any atom is 0.307 e. The molecule has 1 saturated carbocycles. The van der Waals surface area contributed by atoms with Crippen molar-refractivity contribution in [2.75, 3.05) is 6.54 Å². The first kappa shape index (κ1) is 15.5. The summed E-state index contributed by atoms with van der Waals surface area (Å²) in [5.41, 5.74) is 0.0665. The lowest BCUT2D eigenvalue weighted by atomic mass is 9.85. The predicted molar refractivity (Wildman–Crippen MR) is 74.5 cm³/mol. The summed E-state index contributed by atoms with van der Waals surface area (Å²) in [4.78, 5) is 11.8. The second kappa shape index (κ2) is 7.13. The summed E-state index contributed by atoms with van der Waals surface area (Å²) in [7, 11) is 0. The molecule has 0 aromatic rings. The normalized spacial score (nSPS) is 24.9. The molecule has 18 heavy (non-hydrogen) atoms. The van der Waals surface area contributed by atoms with Crippen LogP contribution in [0.4, 0.5) is 0 Å². The average molecular weight is 255 g/mol. The Morgan fingerprint density at radius 2 is 1.94 bits per heavy atom. The Hall–Kier alpha value is -0.570. The van der Waals surface area contributed by atoms with Crippen LogP contribution in [0.2, 0.25) is 0 Å². The van der Waals surface area contributed by atoms with Crippen molar-refractivity contribution in [3.05, 3.63) is 0 Å². The van der Waals surface area contributed by atoms with Crippen molar-refractivity contribution in [2.24, 2.45) is 5.92 Å². The van der Waals surface area contributed by atoms with Gasteiger partial charge < -0.3 is 10.1 Å². The number of hydrogen-bond acceptors (Lipinski definition) is 3. The second-order valence-corrected chi connectivity index (χ2v) is 6.41. The summed E-state index contributed by atoms with van der Waals surface area (Å²) < 4.78 is 5.63. The van der Waals surface area contributed by atoms with Gasteiger partial charge in [0.15, 0.2) is 0 Å². The smallest absolute Gasteiger partial charge is 0.307 e. The van der Waals surface area contributed by atoms with Gasteiger partial charge in [0.25, 0.3) is 0 Å². The highest BCUT2D eigenvalue weighted by atomic mass is 16.5.